The quantitative estimate of drug-likeness (QED) is 0.789. The number of ether oxygens (including phenoxy) is 2. The Morgan fingerprint density at radius 3 is 2.94 bits per heavy atom. The molecular formula is C13H18N2O3. The lowest BCUT2D eigenvalue weighted by Gasteiger charge is -2.23. The fourth-order valence-corrected chi connectivity index (χ4v) is 1.93. The molecule has 1 fully saturated rings. The van der Waals surface area contributed by atoms with Crippen molar-refractivity contribution < 1.29 is 14.3 Å². The van der Waals surface area contributed by atoms with Crippen molar-refractivity contribution >= 4 is 11.6 Å². The first kappa shape index (κ1) is 12.7. The number of nitrogens with two attached hydrogens (primary N) is 2. The van der Waals surface area contributed by atoms with E-state index in [4.69, 9.17) is 20.9 Å². The van der Waals surface area contributed by atoms with Crippen LogP contribution < -0.4 is 16.2 Å². The zero-order valence-electron chi connectivity index (χ0n) is 10.2. The summed E-state index contributed by atoms with van der Waals surface area (Å²) >= 11 is 0. The highest BCUT2D eigenvalue weighted by Crippen LogP contribution is 2.24. The van der Waals surface area contributed by atoms with Crippen LogP contribution in [0.25, 0.3) is 0 Å². The number of amides is 1. The van der Waals surface area contributed by atoms with Crippen LogP contribution in [0.4, 0.5) is 5.69 Å². The number of benzene rings is 1. The minimum absolute atomic E-state index is 0.107. The fraction of sp³-hybridized carbons (Fsp3) is 0.462. The molecule has 0 radical (unpaired) electrons. The minimum atomic E-state index is -0.492. The van der Waals surface area contributed by atoms with Crippen molar-refractivity contribution in [3.63, 3.8) is 0 Å². The predicted octanol–water partition coefficient (Wildman–Crippen LogP) is 1.32. The Labute approximate surface area is 106 Å². The molecule has 1 aromatic rings. The molecule has 1 aromatic carbocycles. The molecule has 1 aliphatic heterocycles. The van der Waals surface area contributed by atoms with Crippen molar-refractivity contribution in [1.82, 2.24) is 0 Å². The van der Waals surface area contributed by atoms with Gasteiger partial charge in [-0.15, -0.1) is 0 Å². The van der Waals surface area contributed by atoms with Crippen molar-refractivity contribution in [3.8, 4) is 5.75 Å². The number of primary amides is 1. The van der Waals surface area contributed by atoms with Crippen molar-refractivity contribution in [2.45, 2.75) is 25.4 Å². The number of nitrogen functional groups attached to an aromatic ring is 1. The summed E-state index contributed by atoms with van der Waals surface area (Å²) in [7, 11) is 0. The van der Waals surface area contributed by atoms with Gasteiger partial charge in [0.15, 0.2) is 0 Å². The van der Waals surface area contributed by atoms with E-state index in [1.165, 1.54) is 0 Å². The average molecular weight is 250 g/mol. The Bertz CT molecular complexity index is 428. The smallest absolute Gasteiger partial charge is 0.248 e. The van der Waals surface area contributed by atoms with Gasteiger partial charge in [0.05, 0.1) is 11.8 Å². The Balaban J connectivity index is 1.99. The molecule has 0 spiro atoms. The first-order valence-corrected chi connectivity index (χ1v) is 6.10. The summed E-state index contributed by atoms with van der Waals surface area (Å²) in [5, 5.41) is 0. The highest BCUT2D eigenvalue weighted by Gasteiger charge is 2.15. The zero-order chi connectivity index (χ0) is 13.0. The van der Waals surface area contributed by atoms with Crippen molar-refractivity contribution in [2.75, 3.05) is 18.9 Å². The van der Waals surface area contributed by atoms with Gasteiger partial charge < -0.3 is 20.9 Å². The maximum atomic E-state index is 11.1. The lowest BCUT2D eigenvalue weighted by Crippen LogP contribution is -2.26. The summed E-state index contributed by atoms with van der Waals surface area (Å²) in [4.78, 5) is 11.1. The second-order valence-electron chi connectivity index (χ2n) is 4.42. The minimum Gasteiger partial charge on any atom is -0.489 e. The standard InChI is InChI=1S/C13H18N2O3/c14-11-5-4-9(13(15)16)7-12(11)18-8-10-3-1-2-6-17-10/h4-5,7,10H,1-3,6,8,14H2,(H2,15,16). The van der Waals surface area contributed by atoms with E-state index in [2.05, 4.69) is 0 Å². The Morgan fingerprint density at radius 2 is 2.28 bits per heavy atom. The normalized spacial score (nSPS) is 19.4. The van der Waals surface area contributed by atoms with Crippen LogP contribution >= 0.6 is 0 Å². The number of anilines is 1. The lowest BCUT2D eigenvalue weighted by molar-refractivity contribution is -0.0109. The van der Waals surface area contributed by atoms with E-state index in [1.807, 2.05) is 0 Å². The molecule has 0 aromatic heterocycles. The number of rotatable bonds is 4. The molecule has 18 heavy (non-hydrogen) atoms. The van der Waals surface area contributed by atoms with Gasteiger partial charge in [0.25, 0.3) is 0 Å². The summed E-state index contributed by atoms with van der Waals surface area (Å²) in [6.07, 6.45) is 3.37. The largest absolute Gasteiger partial charge is 0.489 e. The molecule has 1 unspecified atom stereocenters. The first-order chi connectivity index (χ1) is 8.66. The third kappa shape index (κ3) is 3.13. The van der Waals surface area contributed by atoms with Crippen LogP contribution in [0.1, 0.15) is 29.6 Å². The molecule has 5 heteroatoms. The molecular weight excluding hydrogens is 232 g/mol. The van der Waals surface area contributed by atoms with Gasteiger partial charge in [0, 0.05) is 12.2 Å². The van der Waals surface area contributed by atoms with E-state index in [9.17, 15) is 4.79 Å². The molecule has 5 nitrogen and oxygen atoms in total. The van der Waals surface area contributed by atoms with Crippen LogP contribution in [0.2, 0.25) is 0 Å². The number of hydrogen-bond donors (Lipinski definition) is 2. The van der Waals surface area contributed by atoms with Gasteiger partial charge in [-0.3, -0.25) is 4.79 Å². The maximum absolute atomic E-state index is 11.1. The summed E-state index contributed by atoms with van der Waals surface area (Å²) in [5.74, 6) is -0.00533. The molecule has 2 rings (SSSR count). The molecule has 4 N–H and O–H groups in total. The highest BCUT2D eigenvalue weighted by molar-refractivity contribution is 5.93. The molecule has 0 aliphatic carbocycles. The number of carbonyl (C=O) groups excluding carboxylic acids is 1. The maximum Gasteiger partial charge on any atom is 0.248 e. The molecule has 1 aliphatic rings. The second kappa shape index (κ2) is 5.73. The molecule has 98 valence electrons. The fourth-order valence-electron chi connectivity index (χ4n) is 1.93. The van der Waals surface area contributed by atoms with Gasteiger partial charge in [0.1, 0.15) is 12.4 Å². The van der Waals surface area contributed by atoms with Gasteiger partial charge in [-0.25, -0.2) is 0 Å². The SMILES string of the molecule is NC(=O)c1ccc(N)c(OCC2CCCCO2)c1. The van der Waals surface area contributed by atoms with Crippen LogP contribution in [0.3, 0.4) is 0 Å². The van der Waals surface area contributed by atoms with Gasteiger partial charge in [-0.05, 0) is 37.5 Å². The van der Waals surface area contributed by atoms with Gasteiger partial charge >= 0.3 is 0 Å². The second-order valence-corrected chi connectivity index (χ2v) is 4.42. The van der Waals surface area contributed by atoms with Crippen LogP contribution in [0, 0.1) is 0 Å². The summed E-state index contributed by atoms with van der Waals surface area (Å²) < 4.78 is 11.2. The van der Waals surface area contributed by atoms with E-state index in [1.54, 1.807) is 18.2 Å². The van der Waals surface area contributed by atoms with Crippen LogP contribution in [-0.2, 0) is 4.74 Å². The van der Waals surface area contributed by atoms with E-state index in [0.717, 1.165) is 25.9 Å². The number of carbonyl (C=O) groups is 1. The van der Waals surface area contributed by atoms with Crippen LogP contribution in [-0.4, -0.2) is 25.2 Å². The molecule has 1 atom stereocenters. The third-order valence-electron chi connectivity index (χ3n) is 3.00. The Kier molecular flexibility index (Phi) is 4.04. The van der Waals surface area contributed by atoms with E-state index >= 15 is 0 Å². The van der Waals surface area contributed by atoms with E-state index in [0.29, 0.717) is 23.6 Å². The zero-order valence-corrected chi connectivity index (χ0v) is 10.2. The molecule has 0 bridgehead atoms. The van der Waals surface area contributed by atoms with Crippen molar-refractivity contribution in [2.24, 2.45) is 5.73 Å². The predicted molar refractivity (Wildman–Crippen MR) is 68.5 cm³/mol. The van der Waals surface area contributed by atoms with Gasteiger partial charge in [0.2, 0.25) is 5.91 Å². The Hall–Kier alpha value is -1.75. The van der Waals surface area contributed by atoms with Gasteiger partial charge in [-0.2, -0.15) is 0 Å². The van der Waals surface area contributed by atoms with Crippen molar-refractivity contribution in [1.29, 1.82) is 0 Å². The topological polar surface area (TPSA) is 87.6 Å². The first-order valence-electron chi connectivity index (χ1n) is 6.10. The van der Waals surface area contributed by atoms with E-state index < -0.39 is 5.91 Å². The molecule has 0 saturated carbocycles. The van der Waals surface area contributed by atoms with Crippen molar-refractivity contribution in [3.05, 3.63) is 23.8 Å². The molecule has 1 heterocycles. The van der Waals surface area contributed by atoms with Gasteiger partial charge in [-0.1, -0.05) is 0 Å². The summed E-state index contributed by atoms with van der Waals surface area (Å²) in [6.45, 7) is 1.23. The average Bonchev–Trinajstić information content (AvgIpc) is 2.38. The monoisotopic (exact) mass is 250 g/mol. The number of hydrogen-bond acceptors (Lipinski definition) is 4. The third-order valence-corrected chi connectivity index (χ3v) is 3.00. The van der Waals surface area contributed by atoms with Crippen LogP contribution in [0.5, 0.6) is 5.75 Å². The highest BCUT2D eigenvalue weighted by atomic mass is 16.5. The Morgan fingerprint density at radius 1 is 1.44 bits per heavy atom. The molecule has 1 saturated heterocycles. The molecule has 1 amide bonds. The van der Waals surface area contributed by atoms with Crippen LogP contribution in [0.15, 0.2) is 18.2 Å². The lowest BCUT2D eigenvalue weighted by atomic mass is 10.1. The summed E-state index contributed by atoms with van der Waals surface area (Å²) in [5.41, 5.74) is 11.9. The summed E-state index contributed by atoms with van der Waals surface area (Å²) in [6, 6.07) is 4.78. The van der Waals surface area contributed by atoms with E-state index in [-0.39, 0.29) is 6.10 Å².